The molecule has 1 N–H and O–H groups in total. The number of methoxy groups -OCH3 is 1. The largest absolute Gasteiger partial charge is 0.496 e. The summed E-state index contributed by atoms with van der Waals surface area (Å²) in [4.78, 5) is 2.93. The van der Waals surface area contributed by atoms with Gasteiger partial charge in [0.05, 0.1) is 19.1 Å². The lowest BCUT2D eigenvalue weighted by molar-refractivity contribution is -0.0771. The SMILES string of the molecule is COc1ccc(N(C)S(C)(=O)=O)cc1CNC1C2CC3CCCCC(C2)N3C1C(c1ccccc1)c1ccccc1. The first-order valence-corrected chi connectivity index (χ1v) is 16.9. The van der Waals surface area contributed by atoms with E-state index in [1.54, 1.807) is 14.2 Å². The third-order valence-electron chi connectivity index (χ3n) is 9.85. The van der Waals surface area contributed by atoms with E-state index in [4.69, 9.17) is 4.74 Å². The third-order valence-corrected chi connectivity index (χ3v) is 11.1. The molecule has 4 unspecified atom stereocenters. The summed E-state index contributed by atoms with van der Waals surface area (Å²) >= 11 is 0. The molecule has 0 spiro atoms. The summed E-state index contributed by atoms with van der Waals surface area (Å²) in [5.74, 6) is 1.63. The van der Waals surface area contributed by atoms with E-state index < -0.39 is 10.0 Å². The summed E-state index contributed by atoms with van der Waals surface area (Å²) in [6, 6.07) is 29.7. The molecule has 4 heterocycles. The first-order valence-electron chi connectivity index (χ1n) is 15.1. The first kappa shape index (κ1) is 28.3. The van der Waals surface area contributed by atoms with Crippen molar-refractivity contribution in [3.8, 4) is 5.75 Å². The van der Waals surface area contributed by atoms with E-state index in [1.165, 1.54) is 60.2 Å². The Morgan fingerprint density at radius 3 is 2.05 bits per heavy atom. The highest BCUT2D eigenvalue weighted by molar-refractivity contribution is 7.92. The van der Waals surface area contributed by atoms with Crippen molar-refractivity contribution in [2.24, 2.45) is 5.92 Å². The summed E-state index contributed by atoms with van der Waals surface area (Å²) in [5.41, 5.74) is 4.36. The number of nitrogens with zero attached hydrogens (tertiary/aromatic N) is 2. The number of fused-ring (bicyclic) bond motifs is 1. The van der Waals surface area contributed by atoms with Crippen LogP contribution in [-0.2, 0) is 16.6 Å². The second kappa shape index (κ2) is 11.8. The minimum absolute atomic E-state index is 0.255. The molecule has 0 aliphatic carbocycles. The molecule has 7 heteroatoms. The molecule has 4 bridgehead atoms. The molecule has 0 aromatic heterocycles. The second-order valence-electron chi connectivity index (χ2n) is 12.2. The third kappa shape index (κ3) is 5.64. The maximum absolute atomic E-state index is 12.3. The number of ether oxygens (including phenoxy) is 1. The number of nitrogens with one attached hydrogen (secondary N) is 1. The quantitative estimate of drug-likeness (QED) is 0.351. The number of anilines is 1. The van der Waals surface area contributed by atoms with Crippen LogP contribution in [-0.4, -0.2) is 57.9 Å². The predicted molar refractivity (Wildman–Crippen MR) is 166 cm³/mol. The van der Waals surface area contributed by atoms with Crippen molar-refractivity contribution in [2.45, 2.75) is 75.2 Å². The van der Waals surface area contributed by atoms with Gasteiger partial charge in [0.25, 0.3) is 0 Å². The lowest BCUT2D eigenvalue weighted by Crippen LogP contribution is -2.70. The molecule has 4 saturated heterocycles. The van der Waals surface area contributed by atoms with Crippen LogP contribution >= 0.6 is 0 Å². The van der Waals surface area contributed by atoms with E-state index in [9.17, 15) is 8.42 Å². The van der Waals surface area contributed by atoms with E-state index in [0.29, 0.717) is 42.3 Å². The van der Waals surface area contributed by atoms with Crippen LogP contribution in [0.15, 0.2) is 78.9 Å². The Labute approximate surface area is 245 Å². The van der Waals surface area contributed by atoms with Crippen molar-refractivity contribution < 1.29 is 13.2 Å². The molecule has 4 aliphatic heterocycles. The second-order valence-corrected chi connectivity index (χ2v) is 14.2. The standard InChI is InChI=1S/C34H43N3O3S/c1-36(41(3,38)39)28-18-19-31(40-2)27(22-28)23-35-33-26-20-29-16-10-11-17-30(21-26)37(29)34(33)32(24-12-6-4-7-13-24)25-14-8-5-9-15-25/h4-9,12-15,18-19,22,26,29-30,32-35H,10-11,16-17,20-21,23H2,1-3H3. The summed E-state index contributed by atoms with van der Waals surface area (Å²) in [7, 11) is -0.0797. The average molecular weight is 574 g/mol. The molecule has 0 radical (unpaired) electrons. The fraction of sp³-hybridized carbons (Fsp3) is 0.471. The van der Waals surface area contributed by atoms with Gasteiger partial charge in [0.1, 0.15) is 5.75 Å². The van der Waals surface area contributed by atoms with Gasteiger partial charge in [-0.3, -0.25) is 9.21 Å². The van der Waals surface area contributed by atoms with Crippen LogP contribution in [0.5, 0.6) is 5.75 Å². The molecular formula is C34H43N3O3S. The van der Waals surface area contributed by atoms with Crippen LogP contribution in [0.4, 0.5) is 5.69 Å². The van der Waals surface area contributed by atoms with Gasteiger partial charge in [-0.05, 0) is 60.9 Å². The fourth-order valence-corrected chi connectivity index (χ4v) is 8.46. The zero-order valence-corrected chi connectivity index (χ0v) is 25.3. The minimum Gasteiger partial charge on any atom is -0.496 e. The zero-order valence-electron chi connectivity index (χ0n) is 24.4. The summed E-state index contributed by atoms with van der Waals surface area (Å²) in [6.07, 6.45) is 8.97. The Morgan fingerprint density at radius 2 is 1.51 bits per heavy atom. The molecule has 4 aliphatic rings. The van der Waals surface area contributed by atoms with E-state index >= 15 is 0 Å². The molecule has 6 nitrogen and oxygen atoms in total. The zero-order chi connectivity index (χ0) is 28.6. The van der Waals surface area contributed by atoms with E-state index in [0.717, 1.165) is 11.3 Å². The number of benzene rings is 3. The smallest absolute Gasteiger partial charge is 0.231 e. The molecule has 41 heavy (non-hydrogen) atoms. The Hall–Kier alpha value is -2.87. The summed E-state index contributed by atoms with van der Waals surface area (Å²) in [6.45, 7) is 0.617. The topological polar surface area (TPSA) is 61.9 Å². The Balaban J connectivity index is 1.39. The Kier molecular flexibility index (Phi) is 8.12. The highest BCUT2D eigenvalue weighted by Gasteiger charge is 2.54. The van der Waals surface area contributed by atoms with E-state index in [1.807, 2.05) is 18.2 Å². The van der Waals surface area contributed by atoms with Crippen LogP contribution in [0.25, 0.3) is 0 Å². The maximum atomic E-state index is 12.3. The molecule has 4 atom stereocenters. The number of sulfonamides is 1. The van der Waals surface area contributed by atoms with Gasteiger partial charge in [0.2, 0.25) is 10.0 Å². The number of hydrogen-bond donors (Lipinski definition) is 1. The van der Waals surface area contributed by atoms with Gasteiger partial charge >= 0.3 is 0 Å². The van der Waals surface area contributed by atoms with Gasteiger partial charge in [0.15, 0.2) is 0 Å². The van der Waals surface area contributed by atoms with Crippen LogP contribution in [0.2, 0.25) is 0 Å². The monoisotopic (exact) mass is 573 g/mol. The molecule has 3 aromatic rings. The maximum Gasteiger partial charge on any atom is 0.231 e. The van der Waals surface area contributed by atoms with Gasteiger partial charge in [-0.1, -0.05) is 73.5 Å². The van der Waals surface area contributed by atoms with E-state index in [-0.39, 0.29) is 5.92 Å². The van der Waals surface area contributed by atoms with Gasteiger partial charge in [-0.2, -0.15) is 0 Å². The lowest BCUT2D eigenvalue weighted by atomic mass is 9.66. The van der Waals surface area contributed by atoms with Crippen LogP contribution < -0.4 is 14.4 Å². The Bertz CT molecular complexity index is 1380. The predicted octanol–water partition coefficient (Wildman–Crippen LogP) is 5.79. The lowest BCUT2D eigenvalue weighted by Gasteiger charge is -2.60. The van der Waals surface area contributed by atoms with E-state index in [2.05, 4.69) is 70.9 Å². The highest BCUT2D eigenvalue weighted by Crippen LogP contribution is 2.50. The number of piperidine rings is 3. The normalized spacial score (nSPS) is 27.4. The van der Waals surface area contributed by atoms with Gasteiger partial charge in [0, 0.05) is 49.2 Å². The van der Waals surface area contributed by atoms with Gasteiger partial charge in [-0.25, -0.2) is 8.42 Å². The number of hydrogen-bond acceptors (Lipinski definition) is 5. The fourth-order valence-electron chi connectivity index (χ4n) is 7.97. The molecule has 4 fully saturated rings. The molecule has 0 saturated carbocycles. The summed E-state index contributed by atoms with van der Waals surface area (Å²) < 4.78 is 31.6. The molecule has 7 rings (SSSR count). The van der Waals surface area contributed by atoms with Crippen molar-refractivity contribution in [2.75, 3.05) is 24.7 Å². The van der Waals surface area contributed by atoms with Crippen molar-refractivity contribution in [3.63, 3.8) is 0 Å². The Morgan fingerprint density at radius 1 is 0.927 bits per heavy atom. The van der Waals surface area contributed by atoms with Crippen LogP contribution in [0, 0.1) is 5.92 Å². The van der Waals surface area contributed by atoms with Crippen molar-refractivity contribution in [1.29, 1.82) is 0 Å². The average Bonchev–Trinajstić information content (AvgIpc) is 3.13. The first-order chi connectivity index (χ1) is 19.8. The van der Waals surface area contributed by atoms with Gasteiger partial charge < -0.3 is 10.1 Å². The van der Waals surface area contributed by atoms with Crippen LogP contribution in [0.3, 0.4) is 0 Å². The van der Waals surface area contributed by atoms with Crippen molar-refractivity contribution >= 4 is 15.7 Å². The van der Waals surface area contributed by atoms with Gasteiger partial charge in [-0.15, -0.1) is 0 Å². The van der Waals surface area contributed by atoms with Crippen molar-refractivity contribution in [3.05, 3.63) is 95.6 Å². The minimum atomic E-state index is -3.36. The highest BCUT2D eigenvalue weighted by atomic mass is 32.2. The van der Waals surface area contributed by atoms with Crippen LogP contribution in [0.1, 0.15) is 61.1 Å². The molecule has 218 valence electrons. The van der Waals surface area contributed by atoms with Crippen molar-refractivity contribution in [1.82, 2.24) is 10.2 Å². The molecule has 0 amide bonds. The summed E-state index contributed by atoms with van der Waals surface area (Å²) in [5, 5.41) is 4.04. The number of rotatable bonds is 9. The molecule has 3 aromatic carbocycles. The molecular weight excluding hydrogens is 530 g/mol.